The Hall–Kier alpha value is -1.92. The summed E-state index contributed by atoms with van der Waals surface area (Å²) in [7, 11) is 0. The SMILES string of the molecule is O=C(C1CC1)N1CC[C@@H](Cn2c(-c3ccc(Br)cc3)nc3cc(Cl)cnc32)C1. The summed E-state index contributed by atoms with van der Waals surface area (Å²) in [4.78, 5) is 23.8. The van der Waals surface area contributed by atoms with E-state index in [-0.39, 0.29) is 5.92 Å². The van der Waals surface area contributed by atoms with Crippen LogP contribution in [0.25, 0.3) is 22.6 Å². The van der Waals surface area contributed by atoms with Crippen molar-refractivity contribution in [2.45, 2.75) is 25.8 Å². The Bertz CT molecular complexity index is 1040. The van der Waals surface area contributed by atoms with Crippen LogP contribution in [-0.2, 0) is 11.3 Å². The van der Waals surface area contributed by atoms with Crippen molar-refractivity contribution >= 4 is 44.6 Å². The molecule has 3 heterocycles. The van der Waals surface area contributed by atoms with Gasteiger partial charge in [0, 0.05) is 41.8 Å². The van der Waals surface area contributed by atoms with Crippen molar-refractivity contribution in [3.05, 3.63) is 46.0 Å². The molecule has 5 rings (SSSR count). The minimum Gasteiger partial charge on any atom is -0.342 e. The third-order valence-electron chi connectivity index (χ3n) is 5.62. The number of carbonyl (C=O) groups excluding carboxylic acids is 1. The molecule has 0 unspecified atom stereocenters. The summed E-state index contributed by atoms with van der Waals surface area (Å²) in [6, 6.07) is 10.0. The van der Waals surface area contributed by atoms with Crippen molar-refractivity contribution in [3.63, 3.8) is 0 Å². The van der Waals surface area contributed by atoms with Crippen molar-refractivity contribution in [1.29, 1.82) is 0 Å². The monoisotopic (exact) mass is 458 g/mol. The number of halogens is 2. The molecule has 3 aromatic rings. The van der Waals surface area contributed by atoms with Gasteiger partial charge >= 0.3 is 0 Å². The quantitative estimate of drug-likeness (QED) is 0.564. The van der Waals surface area contributed by atoms with Crippen LogP contribution in [0.3, 0.4) is 0 Å². The number of rotatable bonds is 4. The average Bonchev–Trinajstić information content (AvgIpc) is 3.34. The number of likely N-dealkylation sites (tertiary alicyclic amines) is 1. The first kappa shape index (κ1) is 18.1. The number of pyridine rings is 1. The number of carbonyl (C=O) groups is 1. The zero-order valence-corrected chi connectivity index (χ0v) is 17.7. The summed E-state index contributed by atoms with van der Waals surface area (Å²) in [6.07, 6.45) is 4.81. The molecule has 1 atom stereocenters. The van der Waals surface area contributed by atoms with E-state index in [1.54, 1.807) is 6.20 Å². The molecule has 5 nitrogen and oxygen atoms in total. The number of hydrogen-bond donors (Lipinski definition) is 0. The molecule has 144 valence electrons. The predicted molar refractivity (Wildman–Crippen MR) is 113 cm³/mol. The van der Waals surface area contributed by atoms with Gasteiger partial charge in [-0.2, -0.15) is 0 Å². The Morgan fingerprint density at radius 2 is 2.00 bits per heavy atom. The lowest BCUT2D eigenvalue weighted by molar-refractivity contribution is -0.131. The molecule has 1 saturated carbocycles. The fourth-order valence-corrected chi connectivity index (χ4v) is 4.42. The number of amides is 1. The molecule has 1 amide bonds. The van der Waals surface area contributed by atoms with Crippen LogP contribution in [0.15, 0.2) is 41.0 Å². The van der Waals surface area contributed by atoms with Gasteiger partial charge in [0.15, 0.2) is 5.65 Å². The summed E-state index contributed by atoms with van der Waals surface area (Å²) >= 11 is 9.64. The molecule has 0 spiro atoms. The van der Waals surface area contributed by atoms with Crippen molar-refractivity contribution in [2.75, 3.05) is 13.1 Å². The van der Waals surface area contributed by atoms with Crippen LogP contribution in [0.4, 0.5) is 0 Å². The van der Waals surface area contributed by atoms with Crippen molar-refractivity contribution in [3.8, 4) is 11.4 Å². The zero-order valence-electron chi connectivity index (χ0n) is 15.3. The maximum absolute atomic E-state index is 12.4. The topological polar surface area (TPSA) is 51.0 Å². The van der Waals surface area contributed by atoms with E-state index in [0.29, 0.717) is 16.8 Å². The van der Waals surface area contributed by atoms with Gasteiger partial charge in [0.05, 0.1) is 5.02 Å². The van der Waals surface area contributed by atoms with Crippen molar-refractivity contribution in [1.82, 2.24) is 19.4 Å². The summed E-state index contributed by atoms with van der Waals surface area (Å²) in [5.74, 6) is 1.93. The second-order valence-electron chi connectivity index (χ2n) is 7.76. The maximum Gasteiger partial charge on any atom is 0.225 e. The number of benzene rings is 1. The molecular formula is C21H20BrClN4O. The van der Waals surface area contributed by atoms with E-state index in [4.69, 9.17) is 16.6 Å². The Balaban J connectivity index is 1.48. The fraction of sp³-hybridized carbons (Fsp3) is 0.381. The molecule has 2 aliphatic rings. The van der Waals surface area contributed by atoms with Crippen molar-refractivity contribution in [2.24, 2.45) is 11.8 Å². The first-order valence-corrected chi connectivity index (χ1v) is 10.8. The van der Waals surface area contributed by atoms with Crippen LogP contribution in [0, 0.1) is 11.8 Å². The van der Waals surface area contributed by atoms with Gasteiger partial charge in [0.1, 0.15) is 11.3 Å². The summed E-state index contributed by atoms with van der Waals surface area (Å²) in [5, 5.41) is 0.585. The highest BCUT2D eigenvalue weighted by Gasteiger charge is 2.36. The Kier molecular flexibility index (Phi) is 4.63. The maximum atomic E-state index is 12.4. The lowest BCUT2D eigenvalue weighted by Gasteiger charge is -2.17. The molecule has 0 bridgehead atoms. The minimum atomic E-state index is 0.287. The Morgan fingerprint density at radius 3 is 2.75 bits per heavy atom. The standard InChI is InChI=1S/C21H20BrClN4O/c22-16-5-3-14(4-6-16)19-25-18-9-17(23)10-24-20(18)27(19)12-13-7-8-26(11-13)21(28)15-1-2-15/h3-6,9-10,13,15H,1-2,7-8,11-12H2/t13-/m1/s1. The largest absolute Gasteiger partial charge is 0.342 e. The minimum absolute atomic E-state index is 0.287. The van der Waals surface area contributed by atoms with E-state index in [1.807, 2.05) is 23.1 Å². The van der Waals surface area contributed by atoms with E-state index in [9.17, 15) is 4.79 Å². The van der Waals surface area contributed by atoms with Crippen molar-refractivity contribution < 1.29 is 4.79 Å². The van der Waals surface area contributed by atoms with Crippen LogP contribution in [0.2, 0.25) is 5.02 Å². The van der Waals surface area contributed by atoms with Gasteiger partial charge in [0.2, 0.25) is 5.91 Å². The van der Waals surface area contributed by atoms with E-state index >= 15 is 0 Å². The lowest BCUT2D eigenvalue weighted by Crippen LogP contribution is -2.30. The molecule has 1 aliphatic carbocycles. The van der Waals surface area contributed by atoms with Gasteiger partial charge in [-0.15, -0.1) is 0 Å². The Morgan fingerprint density at radius 1 is 1.21 bits per heavy atom. The van der Waals surface area contributed by atoms with Crippen LogP contribution in [0.1, 0.15) is 19.3 Å². The van der Waals surface area contributed by atoms with Crippen LogP contribution >= 0.6 is 27.5 Å². The molecule has 28 heavy (non-hydrogen) atoms. The lowest BCUT2D eigenvalue weighted by atomic mass is 10.1. The zero-order chi connectivity index (χ0) is 19.3. The summed E-state index contributed by atoms with van der Waals surface area (Å²) in [6.45, 7) is 2.48. The van der Waals surface area contributed by atoms with E-state index in [2.05, 4.69) is 37.6 Å². The fourth-order valence-electron chi connectivity index (χ4n) is 4.01. The van der Waals surface area contributed by atoms with Gasteiger partial charge in [-0.05, 0) is 43.4 Å². The number of aromatic nitrogens is 3. The second-order valence-corrected chi connectivity index (χ2v) is 9.11. The molecular weight excluding hydrogens is 440 g/mol. The molecule has 2 aromatic heterocycles. The molecule has 1 aliphatic heterocycles. The Labute approximate surface area is 176 Å². The number of nitrogens with zero attached hydrogens (tertiary/aromatic N) is 4. The number of hydrogen-bond acceptors (Lipinski definition) is 3. The molecule has 0 radical (unpaired) electrons. The van der Waals surface area contributed by atoms with Crippen LogP contribution in [0.5, 0.6) is 0 Å². The molecule has 0 N–H and O–H groups in total. The highest BCUT2D eigenvalue weighted by atomic mass is 79.9. The van der Waals surface area contributed by atoms with Gasteiger partial charge in [-0.1, -0.05) is 39.7 Å². The van der Waals surface area contributed by atoms with E-state index in [1.165, 1.54) is 0 Å². The normalized spacial score (nSPS) is 19.5. The third-order valence-corrected chi connectivity index (χ3v) is 6.35. The highest BCUT2D eigenvalue weighted by molar-refractivity contribution is 9.10. The van der Waals surface area contributed by atoms with E-state index < -0.39 is 0 Å². The highest BCUT2D eigenvalue weighted by Crippen LogP contribution is 2.34. The molecule has 2 fully saturated rings. The van der Waals surface area contributed by atoms with Gasteiger partial charge in [-0.25, -0.2) is 9.97 Å². The van der Waals surface area contributed by atoms with Crippen LogP contribution < -0.4 is 0 Å². The first-order valence-electron chi connectivity index (χ1n) is 9.65. The first-order chi connectivity index (χ1) is 13.6. The average molecular weight is 460 g/mol. The molecule has 1 aromatic carbocycles. The number of imidazole rings is 1. The summed E-state index contributed by atoms with van der Waals surface area (Å²) in [5.41, 5.74) is 2.69. The molecule has 1 saturated heterocycles. The van der Waals surface area contributed by atoms with Gasteiger partial charge in [0.25, 0.3) is 0 Å². The second kappa shape index (κ2) is 7.16. The summed E-state index contributed by atoms with van der Waals surface area (Å²) < 4.78 is 3.22. The van der Waals surface area contributed by atoms with Gasteiger partial charge in [-0.3, -0.25) is 4.79 Å². The third kappa shape index (κ3) is 3.44. The van der Waals surface area contributed by atoms with Crippen LogP contribution in [-0.4, -0.2) is 38.4 Å². The van der Waals surface area contributed by atoms with E-state index in [0.717, 1.165) is 65.9 Å². The smallest absolute Gasteiger partial charge is 0.225 e. The van der Waals surface area contributed by atoms with Gasteiger partial charge < -0.3 is 9.47 Å². The predicted octanol–water partition coefficient (Wildman–Crippen LogP) is 4.77. The number of fused-ring (bicyclic) bond motifs is 1. The molecule has 7 heteroatoms.